The maximum Gasteiger partial charge on any atom is 0.0562 e. The minimum atomic E-state index is 1.14. The van der Waals surface area contributed by atoms with Gasteiger partial charge in [0.1, 0.15) is 0 Å². The van der Waals surface area contributed by atoms with Crippen LogP contribution in [0.3, 0.4) is 0 Å². The first-order chi connectivity index (χ1) is 26.3. The molecular weight excluding hydrogens is 701 g/mol. The lowest BCUT2D eigenvalue weighted by molar-refractivity contribution is 1.18. The summed E-state index contributed by atoms with van der Waals surface area (Å²) in [5.74, 6) is 0. The van der Waals surface area contributed by atoms with E-state index in [1.54, 1.807) is 0 Å². The minimum Gasteiger partial charge on any atom is -0.310 e. The van der Waals surface area contributed by atoms with E-state index in [0.29, 0.717) is 0 Å². The van der Waals surface area contributed by atoms with Gasteiger partial charge in [0.2, 0.25) is 0 Å². The average molecular weight is 729 g/mol. The highest BCUT2D eigenvalue weighted by Crippen LogP contribution is 2.48. The molecule has 0 aliphatic heterocycles. The predicted octanol–water partition coefficient (Wildman–Crippen LogP) is 15.4. The van der Waals surface area contributed by atoms with Crippen LogP contribution in [0.5, 0.6) is 0 Å². The normalized spacial score (nSPS) is 12.2. The number of nitrogens with zero attached hydrogens (tertiary/aromatic N) is 2. The molecule has 8 aromatic carbocycles. The van der Waals surface area contributed by atoms with E-state index in [9.17, 15) is 0 Å². The SMILES string of the molecule is c1ccc(N(c2ccc3c(c2)sc2cc4c(cc23)sc2cc3c(cc24)sc2ccccc23)c2cccc3c2c2ccccc2n3-c2ccccc2)cc1. The molecule has 0 unspecified atom stereocenters. The van der Waals surface area contributed by atoms with E-state index < -0.39 is 0 Å². The first kappa shape index (κ1) is 29.6. The highest BCUT2D eigenvalue weighted by atomic mass is 32.1. The van der Waals surface area contributed by atoms with Crippen LogP contribution in [-0.4, -0.2) is 4.57 Å². The van der Waals surface area contributed by atoms with Gasteiger partial charge in [-0.1, -0.05) is 84.9 Å². The average Bonchev–Trinajstić information content (AvgIpc) is 3.95. The molecule has 0 saturated heterocycles. The summed E-state index contributed by atoms with van der Waals surface area (Å²) in [6.07, 6.45) is 0. The summed E-state index contributed by atoms with van der Waals surface area (Å²) >= 11 is 5.72. The van der Waals surface area contributed by atoms with E-state index in [2.05, 4.69) is 179 Å². The van der Waals surface area contributed by atoms with Gasteiger partial charge in [0.25, 0.3) is 0 Å². The highest BCUT2D eigenvalue weighted by molar-refractivity contribution is 7.28. The van der Waals surface area contributed by atoms with Crippen LogP contribution in [0, 0.1) is 0 Å². The number of hydrogen-bond donors (Lipinski definition) is 0. The van der Waals surface area contributed by atoms with E-state index in [0.717, 1.165) is 17.1 Å². The van der Waals surface area contributed by atoms with E-state index in [-0.39, 0.29) is 0 Å². The van der Waals surface area contributed by atoms with Crippen molar-refractivity contribution >= 4 is 133 Å². The number of para-hydroxylation sites is 3. The Morgan fingerprint density at radius 1 is 0.340 bits per heavy atom. The molecule has 0 N–H and O–H groups in total. The molecule has 0 bridgehead atoms. The Morgan fingerprint density at radius 3 is 1.58 bits per heavy atom. The number of hydrogen-bond acceptors (Lipinski definition) is 4. The third-order valence-electron chi connectivity index (χ3n) is 10.7. The number of aromatic nitrogens is 1. The summed E-state index contributed by atoms with van der Waals surface area (Å²) in [5.41, 5.74) is 7.01. The van der Waals surface area contributed by atoms with Gasteiger partial charge in [-0.2, -0.15) is 0 Å². The van der Waals surface area contributed by atoms with E-state index in [4.69, 9.17) is 0 Å². The lowest BCUT2D eigenvalue weighted by Gasteiger charge is -2.26. The topological polar surface area (TPSA) is 8.17 Å². The molecular formula is C48H28N2S3. The summed E-state index contributed by atoms with van der Waals surface area (Å²) in [4.78, 5) is 2.44. The second kappa shape index (κ2) is 11.3. The van der Waals surface area contributed by atoms with Crippen LogP contribution in [0.1, 0.15) is 0 Å². The zero-order chi connectivity index (χ0) is 34.6. The molecule has 0 saturated carbocycles. The molecule has 0 spiro atoms. The van der Waals surface area contributed by atoms with Gasteiger partial charge in [-0.15, -0.1) is 34.0 Å². The zero-order valence-electron chi connectivity index (χ0n) is 28.3. The summed E-state index contributed by atoms with van der Waals surface area (Å²) in [6, 6.07) is 62.6. The van der Waals surface area contributed by atoms with Crippen molar-refractivity contribution in [2.24, 2.45) is 0 Å². The van der Waals surface area contributed by atoms with Crippen LogP contribution >= 0.6 is 34.0 Å². The van der Waals surface area contributed by atoms with Crippen molar-refractivity contribution < 1.29 is 0 Å². The summed E-state index contributed by atoms with van der Waals surface area (Å²) < 4.78 is 10.5. The zero-order valence-corrected chi connectivity index (χ0v) is 30.7. The van der Waals surface area contributed by atoms with Crippen molar-refractivity contribution in [1.29, 1.82) is 0 Å². The molecule has 0 fully saturated rings. The number of benzene rings is 8. The maximum atomic E-state index is 2.45. The Morgan fingerprint density at radius 2 is 0.868 bits per heavy atom. The second-order valence-electron chi connectivity index (χ2n) is 13.7. The summed E-state index contributed by atoms with van der Waals surface area (Å²) in [5, 5.41) is 10.6. The third-order valence-corrected chi connectivity index (χ3v) is 14.1. The van der Waals surface area contributed by atoms with Gasteiger partial charge in [0, 0.05) is 88.4 Å². The molecule has 12 rings (SSSR count). The van der Waals surface area contributed by atoms with Crippen LogP contribution in [-0.2, 0) is 0 Å². The first-order valence-electron chi connectivity index (χ1n) is 17.8. The fourth-order valence-corrected chi connectivity index (χ4v) is 11.9. The van der Waals surface area contributed by atoms with Gasteiger partial charge in [-0.05, 0) is 84.9 Å². The lowest BCUT2D eigenvalue weighted by Crippen LogP contribution is -2.10. The van der Waals surface area contributed by atoms with E-state index in [1.165, 1.54) is 88.0 Å². The number of thiophene rings is 3. The van der Waals surface area contributed by atoms with Crippen molar-refractivity contribution in [2.45, 2.75) is 0 Å². The van der Waals surface area contributed by atoms with Crippen molar-refractivity contribution in [3.05, 3.63) is 170 Å². The van der Waals surface area contributed by atoms with Crippen molar-refractivity contribution in [3.63, 3.8) is 0 Å². The summed E-state index contributed by atoms with van der Waals surface area (Å²) in [7, 11) is 0. The second-order valence-corrected chi connectivity index (χ2v) is 17.0. The Bertz CT molecular complexity index is 3400. The molecule has 0 amide bonds. The standard InChI is InChI=1S/C48H28N2S3/c1-3-12-29(13-4-1)49(40-19-11-20-41-48(40)34-17-7-9-18-39(34)50(41)30-14-5-2-6-15-30)31-22-23-33-36-26-47-38(28-45(36)52-43(33)24-31)37-27-44-35(25-46(37)53-47)32-16-8-10-21-42(32)51-44/h1-28H. The Balaban J connectivity index is 1.06. The maximum absolute atomic E-state index is 2.45. The number of anilines is 3. The van der Waals surface area contributed by atoms with Crippen LogP contribution in [0.25, 0.3) is 88.0 Å². The largest absolute Gasteiger partial charge is 0.310 e. The number of rotatable bonds is 4. The monoisotopic (exact) mass is 728 g/mol. The van der Waals surface area contributed by atoms with Gasteiger partial charge >= 0.3 is 0 Å². The Kier molecular flexibility index (Phi) is 6.28. The Hall–Kier alpha value is -5.98. The van der Waals surface area contributed by atoms with Gasteiger partial charge in [-0.25, -0.2) is 0 Å². The molecule has 0 atom stereocenters. The van der Waals surface area contributed by atoms with E-state index >= 15 is 0 Å². The molecule has 0 aliphatic carbocycles. The predicted molar refractivity (Wildman–Crippen MR) is 234 cm³/mol. The molecule has 53 heavy (non-hydrogen) atoms. The fourth-order valence-electron chi connectivity index (χ4n) is 8.44. The molecule has 0 radical (unpaired) electrons. The Labute approximate surface area is 316 Å². The molecule has 248 valence electrons. The highest BCUT2D eigenvalue weighted by Gasteiger charge is 2.22. The number of fused-ring (bicyclic) bond motifs is 12. The third kappa shape index (κ3) is 4.36. The van der Waals surface area contributed by atoms with Crippen LogP contribution in [0.15, 0.2) is 170 Å². The van der Waals surface area contributed by atoms with Gasteiger partial charge < -0.3 is 9.47 Å². The van der Waals surface area contributed by atoms with Crippen LogP contribution in [0.2, 0.25) is 0 Å². The quantitative estimate of drug-likeness (QED) is 0.175. The molecule has 4 aromatic heterocycles. The fraction of sp³-hybridized carbons (Fsp3) is 0. The minimum absolute atomic E-state index is 1.14. The van der Waals surface area contributed by atoms with Crippen LogP contribution in [0.4, 0.5) is 17.1 Å². The van der Waals surface area contributed by atoms with E-state index in [1.807, 2.05) is 34.0 Å². The van der Waals surface area contributed by atoms with Gasteiger partial charge in [0.05, 0.1) is 16.7 Å². The molecule has 12 aromatic rings. The molecule has 0 aliphatic rings. The smallest absolute Gasteiger partial charge is 0.0562 e. The first-order valence-corrected chi connectivity index (χ1v) is 20.3. The van der Waals surface area contributed by atoms with Crippen LogP contribution < -0.4 is 4.90 Å². The van der Waals surface area contributed by atoms with Crippen molar-refractivity contribution in [3.8, 4) is 5.69 Å². The lowest BCUT2D eigenvalue weighted by atomic mass is 10.1. The molecule has 4 heterocycles. The summed E-state index contributed by atoms with van der Waals surface area (Å²) in [6.45, 7) is 0. The van der Waals surface area contributed by atoms with Crippen molar-refractivity contribution in [2.75, 3.05) is 4.90 Å². The van der Waals surface area contributed by atoms with Gasteiger partial charge in [0.15, 0.2) is 0 Å². The molecule has 5 heteroatoms. The van der Waals surface area contributed by atoms with Crippen molar-refractivity contribution in [1.82, 2.24) is 4.57 Å². The van der Waals surface area contributed by atoms with Gasteiger partial charge in [-0.3, -0.25) is 0 Å². The molecule has 2 nitrogen and oxygen atoms in total.